The SMILES string of the molecule is CCO[C@H](C)COC(C)CO[C@](C)(CO[C@@H](C)CO[C@H](C)CO[C@H](C)COC)OC(N)=O. The first-order valence-corrected chi connectivity index (χ1v) is 11.2. The zero-order valence-electron chi connectivity index (χ0n) is 21.1. The van der Waals surface area contributed by atoms with Gasteiger partial charge in [-0.3, -0.25) is 0 Å². The summed E-state index contributed by atoms with van der Waals surface area (Å²) in [5.74, 6) is -1.35. The van der Waals surface area contributed by atoms with Gasteiger partial charge in [0.2, 0.25) is 5.79 Å². The second-order valence-electron chi connectivity index (χ2n) is 8.14. The Balaban J connectivity index is 4.40. The molecule has 1 unspecified atom stereocenters. The molecule has 0 aliphatic rings. The summed E-state index contributed by atoms with van der Waals surface area (Å²) in [6.45, 7) is 15.6. The van der Waals surface area contributed by atoms with Crippen molar-refractivity contribution in [3.05, 3.63) is 0 Å². The van der Waals surface area contributed by atoms with Gasteiger partial charge in [0.05, 0.1) is 63.6 Å². The maximum atomic E-state index is 11.3. The summed E-state index contributed by atoms with van der Waals surface area (Å²) in [5, 5.41) is 0. The second-order valence-corrected chi connectivity index (χ2v) is 8.14. The van der Waals surface area contributed by atoms with Crippen LogP contribution in [0.5, 0.6) is 0 Å². The number of carbonyl (C=O) groups is 1. The van der Waals surface area contributed by atoms with Gasteiger partial charge in [-0.15, -0.1) is 0 Å². The van der Waals surface area contributed by atoms with Crippen molar-refractivity contribution in [2.45, 2.75) is 84.8 Å². The fourth-order valence-electron chi connectivity index (χ4n) is 2.56. The van der Waals surface area contributed by atoms with E-state index in [0.29, 0.717) is 33.0 Å². The average molecular weight is 468 g/mol. The Morgan fingerprint density at radius 1 is 0.750 bits per heavy atom. The van der Waals surface area contributed by atoms with Crippen molar-refractivity contribution >= 4 is 6.09 Å². The van der Waals surface area contributed by atoms with Crippen LogP contribution >= 0.6 is 0 Å². The van der Waals surface area contributed by atoms with E-state index in [1.807, 2.05) is 41.5 Å². The normalized spacial score (nSPS) is 18.4. The lowest BCUT2D eigenvalue weighted by Crippen LogP contribution is -2.44. The number of amides is 1. The lowest BCUT2D eigenvalue weighted by Gasteiger charge is -2.31. The Hall–Kier alpha value is -1.01. The molecule has 1 amide bonds. The maximum absolute atomic E-state index is 11.3. The first-order chi connectivity index (χ1) is 15.0. The summed E-state index contributed by atoms with van der Waals surface area (Å²) in [6.07, 6.45) is -1.59. The molecule has 192 valence electrons. The van der Waals surface area contributed by atoms with Gasteiger partial charge >= 0.3 is 6.09 Å². The number of carbonyl (C=O) groups excluding carboxylic acids is 1. The molecular weight excluding hydrogens is 422 g/mol. The Bertz CT molecular complexity index is 482. The highest BCUT2D eigenvalue weighted by atomic mass is 16.7. The van der Waals surface area contributed by atoms with Gasteiger partial charge < -0.3 is 43.6 Å². The Kier molecular flexibility index (Phi) is 16.9. The molecular formula is C22H45NO9. The summed E-state index contributed by atoms with van der Waals surface area (Å²) in [7, 11) is 1.63. The van der Waals surface area contributed by atoms with Crippen LogP contribution in [0.25, 0.3) is 0 Å². The summed E-state index contributed by atoms with van der Waals surface area (Å²) in [5.41, 5.74) is 5.21. The average Bonchev–Trinajstić information content (AvgIpc) is 2.72. The third kappa shape index (κ3) is 16.6. The first-order valence-electron chi connectivity index (χ1n) is 11.2. The van der Waals surface area contributed by atoms with E-state index >= 15 is 0 Å². The van der Waals surface area contributed by atoms with E-state index < -0.39 is 11.9 Å². The number of nitrogens with two attached hydrogens (primary N) is 1. The molecule has 2 N–H and O–H groups in total. The van der Waals surface area contributed by atoms with Crippen molar-refractivity contribution in [3.63, 3.8) is 0 Å². The monoisotopic (exact) mass is 467 g/mol. The zero-order chi connectivity index (χ0) is 24.6. The highest BCUT2D eigenvalue weighted by molar-refractivity contribution is 5.65. The molecule has 6 atom stereocenters. The van der Waals surface area contributed by atoms with Crippen LogP contribution in [-0.2, 0) is 37.9 Å². The minimum Gasteiger partial charge on any atom is -0.415 e. The van der Waals surface area contributed by atoms with Crippen LogP contribution < -0.4 is 5.73 Å². The Morgan fingerprint density at radius 3 is 1.66 bits per heavy atom. The number of hydrogen-bond donors (Lipinski definition) is 1. The summed E-state index contributed by atoms with van der Waals surface area (Å²) < 4.78 is 44.3. The predicted octanol–water partition coefficient (Wildman–Crippen LogP) is 2.51. The van der Waals surface area contributed by atoms with Crippen LogP contribution in [0.3, 0.4) is 0 Å². The molecule has 0 radical (unpaired) electrons. The molecule has 0 aromatic heterocycles. The molecule has 0 heterocycles. The van der Waals surface area contributed by atoms with Gasteiger partial charge in [0.15, 0.2) is 0 Å². The van der Waals surface area contributed by atoms with Crippen molar-refractivity contribution in [1.29, 1.82) is 0 Å². The lowest BCUT2D eigenvalue weighted by molar-refractivity contribution is -0.238. The van der Waals surface area contributed by atoms with E-state index in [0.717, 1.165) is 0 Å². The summed E-state index contributed by atoms with van der Waals surface area (Å²) in [6, 6.07) is 0. The van der Waals surface area contributed by atoms with Crippen molar-refractivity contribution in [3.8, 4) is 0 Å². The highest BCUT2D eigenvalue weighted by Crippen LogP contribution is 2.16. The molecule has 10 heteroatoms. The highest BCUT2D eigenvalue weighted by Gasteiger charge is 2.31. The molecule has 0 fully saturated rings. The van der Waals surface area contributed by atoms with Crippen molar-refractivity contribution in [2.75, 3.05) is 53.4 Å². The van der Waals surface area contributed by atoms with Gasteiger partial charge in [-0.1, -0.05) is 0 Å². The first kappa shape index (κ1) is 31.0. The van der Waals surface area contributed by atoms with Crippen LogP contribution in [0.4, 0.5) is 4.79 Å². The van der Waals surface area contributed by atoms with Crippen LogP contribution in [0.1, 0.15) is 48.5 Å². The van der Waals surface area contributed by atoms with Crippen molar-refractivity contribution in [1.82, 2.24) is 0 Å². The minimum atomic E-state index is -1.35. The number of methoxy groups -OCH3 is 1. The van der Waals surface area contributed by atoms with Crippen molar-refractivity contribution in [2.24, 2.45) is 5.73 Å². The van der Waals surface area contributed by atoms with E-state index in [2.05, 4.69) is 0 Å². The molecule has 0 aromatic rings. The maximum Gasteiger partial charge on any atom is 0.407 e. The predicted molar refractivity (Wildman–Crippen MR) is 120 cm³/mol. The van der Waals surface area contributed by atoms with Gasteiger partial charge in [0.1, 0.15) is 6.61 Å². The van der Waals surface area contributed by atoms with E-state index in [4.69, 9.17) is 43.6 Å². The van der Waals surface area contributed by atoms with Crippen molar-refractivity contribution < 1.29 is 42.7 Å². The van der Waals surface area contributed by atoms with E-state index in [9.17, 15) is 4.79 Å². The molecule has 0 rings (SSSR count). The van der Waals surface area contributed by atoms with Crippen LogP contribution in [-0.4, -0.2) is 95.8 Å². The molecule has 0 aliphatic heterocycles. The van der Waals surface area contributed by atoms with Gasteiger partial charge in [0, 0.05) is 20.6 Å². The van der Waals surface area contributed by atoms with Gasteiger partial charge in [-0.05, 0) is 41.5 Å². The van der Waals surface area contributed by atoms with Gasteiger partial charge in [-0.2, -0.15) is 0 Å². The summed E-state index contributed by atoms with van der Waals surface area (Å²) in [4.78, 5) is 11.3. The standard InChI is InChI=1S/C22H45NO9/c1-9-26-17(3)11-29-20(6)14-31-22(7,32-21(23)24)15-30-19(5)13-28-18(4)12-27-16(2)10-25-8/h16-20H,9-15H2,1-8H3,(H2,23,24)/t16-,17-,18-,19+,20?,22+/m1/s1. The lowest BCUT2D eigenvalue weighted by atomic mass is 10.3. The number of hydrogen-bond acceptors (Lipinski definition) is 9. The summed E-state index contributed by atoms with van der Waals surface area (Å²) >= 11 is 0. The largest absolute Gasteiger partial charge is 0.415 e. The molecule has 0 aromatic carbocycles. The quantitative estimate of drug-likeness (QED) is 0.270. The third-order valence-corrected chi connectivity index (χ3v) is 4.27. The molecule has 32 heavy (non-hydrogen) atoms. The number of primary amides is 1. The molecule has 0 saturated carbocycles. The number of ether oxygens (including phenoxy) is 8. The van der Waals surface area contributed by atoms with Crippen LogP contribution in [0.15, 0.2) is 0 Å². The molecule has 0 saturated heterocycles. The van der Waals surface area contributed by atoms with Gasteiger partial charge in [0.25, 0.3) is 0 Å². The Morgan fingerprint density at radius 2 is 1.19 bits per heavy atom. The van der Waals surface area contributed by atoms with Gasteiger partial charge in [-0.25, -0.2) is 4.79 Å². The third-order valence-electron chi connectivity index (χ3n) is 4.27. The molecule has 10 nitrogen and oxygen atoms in total. The molecule has 0 spiro atoms. The fourth-order valence-corrected chi connectivity index (χ4v) is 2.56. The smallest absolute Gasteiger partial charge is 0.407 e. The fraction of sp³-hybridized carbons (Fsp3) is 0.955. The topological polar surface area (TPSA) is 117 Å². The molecule has 0 aliphatic carbocycles. The molecule has 0 bridgehead atoms. The second kappa shape index (κ2) is 17.5. The van der Waals surface area contributed by atoms with Crippen LogP contribution in [0, 0.1) is 0 Å². The Labute approximate surface area is 193 Å². The van der Waals surface area contributed by atoms with E-state index in [-0.39, 0.29) is 43.7 Å². The zero-order valence-corrected chi connectivity index (χ0v) is 21.1. The van der Waals surface area contributed by atoms with Crippen LogP contribution in [0.2, 0.25) is 0 Å². The van der Waals surface area contributed by atoms with E-state index in [1.54, 1.807) is 14.0 Å². The minimum absolute atomic E-state index is 0.00252. The number of rotatable bonds is 20. The van der Waals surface area contributed by atoms with E-state index in [1.165, 1.54) is 0 Å².